The molecule has 2 bridgehead atoms. The van der Waals surface area contributed by atoms with E-state index in [2.05, 4.69) is 20.4 Å². The van der Waals surface area contributed by atoms with E-state index in [0.29, 0.717) is 23.6 Å². The van der Waals surface area contributed by atoms with Crippen molar-refractivity contribution < 1.29 is 37.2 Å². The van der Waals surface area contributed by atoms with Crippen molar-refractivity contribution in [1.82, 2.24) is 25.2 Å². The number of ether oxygens (including phenoxy) is 1. The third kappa shape index (κ3) is 2.95. The van der Waals surface area contributed by atoms with Gasteiger partial charge < -0.3 is 9.84 Å². The highest BCUT2D eigenvalue weighted by atomic mass is 31.2. The number of hydrogen-bond donors (Lipinski definition) is 1. The molecular weight excluding hydrogens is 486 g/mol. The van der Waals surface area contributed by atoms with Crippen molar-refractivity contribution in [2.75, 3.05) is 4.90 Å². The van der Waals surface area contributed by atoms with Gasteiger partial charge in [-0.1, -0.05) is 13.0 Å². The third-order valence-corrected chi connectivity index (χ3v) is 7.39. The molecule has 7 rings (SSSR count). The molecule has 35 heavy (non-hydrogen) atoms. The van der Waals surface area contributed by atoms with Gasteiger partial charge in [0.25, 0.3) is 0 Å². The molecular formula is C20H18FN6O7P. The van der Waals surface area contributed by atoms with E-state index >= 15 is 4.39 Å². The maximum absolute atomic E-state index is 15.2. The van der Waals surface area contributed by atoms with Crippen molar-refractivity contribution in [3.8, 4) is 22.6 Å². The fourth-order valence-electron chi connectivity index (χ4n) is 4.24. The molecule has 4 aliphatic rings. The van der Waals surface area contributed by atoms with Crippen molar-refractivity contribution in [2.45, 2.75) is 44.6 Å². The van der Waals surface area contributed by atoms with Crippen LogP contribution in [0, 0.1) is 5.82 Å². The van der Waals surface area contributed by atoms with E-state index in [9.17, 15) is 14.5 Å². The zero-order valence-electron chi connectivity index (χ0n) is 18.4. The van der Waals surface area contributed by atoms with E-state index in [1.807, 2.05) is 6.92 Å². The second-order valence-corrected chi connectivity index (χ2v) is 9.44. The summed E-state index contributed by atoms with van der Waals surface area (Å²) in [5.74, 6) is -4.63. The molecule has 1 spiro atoms. The molecule has 0 aliphatic carbocycles. The maximum Gasteiger partial charge on any atom is 0.486 e. The normalized spacial score (nSPS) is 29.6. The zero-order chi connectivity index (χ0) is 24.6. The fraction of sp³-hybridized carbons (Fsp3) is 0.350. The van der Waals surface area contributed by atoms with Crippen LogP contribution in [0.1, 0.15) is 20.3 Å². The van der Waals surface area contributed by atoms with Crippen LogP contribution in [0.15, 0.2) is 36.5 Å². The van der Waals surface area contributed by atoms with Crippen LogP contribution in [0.4, 0.5) is 14.9 Å². The van der Waals surface area contributed by atoms with E-state index in [-0.39, 0.29) is 17.7 Å². The Hall–Kier alpha value is -3.29. The first-order valence-electron chi connectivity index (χ1n) is 10.7. The number of pyridine rings is 1. The molecule has 4 aliphatic heterocycles. The minimum absolute atomic E-state index is 0.0110. The molecule has 0 unspecified atom stereocenters. The van der Waals surface area contributed by atoms with Gasteiger partial charge in [-0.15, -0.1) is 10.2 Å². The second kappa shape index (κ2) is 7.35. The number of hydrogen-bond acceptors (Lipinski definition) is 11. The van der Waals surface area contributed by atoms with Gasteiger partial charge >= 0.3 is 25.6 Å². The van der Waals surface area contributed by atoms with E-state index in [0.717, 1.165) is 11.0 Å². The molecule has 13 nitrogen and oxygen atoms in total. The Kier molecular flexibility index (Phi) is 4.66. The summed E-state index contributed by atoms with van der Waals surface area (Å²) in [6, 6.07) is 7.22. The molecule has 0 saturated carbocycles. The summed E-state index contributed by atoms with van der Waals surface area (Å²) in [6.07, 6.45) is -0.882. The number of carbonyl (C=O) groups excluding carboxylic acids is 1. The Bertz CT molecular complexity index is 1390. The number of carbonyl (C=O) groups is 1. The topological polar surface area (TPSA) is 151 Å². The number of aromatic nitrogens is 5. The number of amides is 1. The van der Waals surface area contributed by atoms with Gasteiger partial charge in [-0.3, -0.25) is 4.98 Å². The molecule has 0 radical (unpaired) electrons. The lowest BCUT2D eigenvalue weighted by atomic mass is 10.0. The Morgan fingerprint density at radius 2 is 2.00 bits per heavy atom. The van der Waals surface area contributed by atoms with Gasteiger partial charge in [-0.2, -0.15) is 4.80 Å². The summed E-state index contributed by atoms with van der Waals surface area (Å²) in [5, 5.41) is 22.5. The minimum atomic E-state index is -4.00. The van der Waals surface area contributed by atoms with Gasteiger partial charge in [0.05, 0.1) is 12.2 Å². The van der Waals surface area contributed by atoms with Crippen LogP contribution >= 0.6 is 7.82 Å². The standard InChI is InChI=1S/C20H18FN6O7P/c1-3-16(28)19-20(33-35(30,32-19)34-20)27(18(29)31-19)12-6-7-13(14(21)9-12)11-5-8-15(22-10-11)17-23-25-26(4-2)24-17/h5-10,16,28H,3-4H2,1-2H3/t16-,19-,20?,35?/m0/s1. The van der Waals surface area contributed by atoms with Crippen LogP contribution in [-0.2, 0) is 29.4 Å². The lowest BCUT2D eigenvalue weighted by Crippen LogP contribution is -2.63. The number of tetrazole rings is 1. The number of anilines is 1. The highest BCUT2D eigenvalue weighted by Crippen LogP contribution is 2.81. The van der Waals surface area contributed by atoms with Gasteiger partial charge in [0, 0.05) is 17.3 Å². The van der Waals surface area contributed by atoms with Gasteiger partial charge in [0.2, 0.25) is 5.82 Å². The molecule has 1 N–H and O–H groups in total. The summed E-state index contributed by atoms with van der Waals surface area (Å²) < 4.78 is 48.7. The molecule has 2 aromatic heterocycles. The third-order valence-electron chi connectivity index (χ3n) is 5.95. The summed E-state index contributed by atoms with van der Waals surface area (Å²) in [5.41, 5.74) is 1.12. The Morgan fingerprint density at radius 3 is 2.63 bits per heavy atom. The minimum Gasteiger partial charge on any atom is -0.405 e. The molecule has 1 aromatic carbocycles. The molecule has 2 atom stereocenters. The first-order chi connectivity index (χ1) is 16.7. The summed E-state index contributed by atoms with van der Waals surface area (Å²) in [4.78, 5) is 19.3. The van der Waals surface area contributed by atoms with Crippen LogP contribution in [-0.4, -0.2) is 54.2 Å². The van der Waals surface area contributed by atoms with Crippen molar-refractivity contribution in [2.24, 2.45) is 0 Å². The highest BCUT2D eigenvalue weighted by molar-refractivity contribution is 7.50. The van der Waals surface area contributed by atoms with E-state index in [1.54, 1.807) is 19.1 Å². The number of halogens is 1. The average molecular weight is 504 g/mol. The Balaban J connectivity index is 1.32. The molecule has 3 aromatic rings. The van der Waals surface area contributed by atoms with Crippen LogP contribution in [0.5, 0.6) is 0 Å². The highest BCUT2D eigenvalue weighted by Gasteiger charge is 2.91. The maximum atomic E-state index is 15.2. The lowest BCUT2D eigenvalue weighted by Gasteiger charge is -2.39. The number of phosphoric ester groups is 1. The largest absolute Gasteiger partial charge is 0.486 e. The summed E-state index contributed by atoms with van der Waals surface area (Å²) >= 11 is 0. The van der Waals surface area contributed by atoms with Crippen LogP contribution in [0.25, 0.3) is 22.6 Å². The van der Waals surface area contributed by atoms with Gasteiger partial charge in [-0.05, 0) is 42.8 Å². The first kappa shape index (κ1) is 22.2. The number of aliphatic hydroxyl groups is 1. The molecule has 4 fully saturated rings. The molecule has 1 amide bonds. The predicted octanol–water partition coefficient (Wildman–Crippen LogP) is 2.82. The molecule has 182 valence electrons. The van der Waals surface area contributed by atoms with Crippen LogP contribution in [0.2, 0.25) is 0 Å². The zero-order valence-corrected chi connectivity index (χ0v) is 19.3. The van der Waals surface area contributed by atoms with Crippen LogP contribution < -0.4 is 4.90 Å². The quantitative estimate of drug-likeness (QED) is 0.494. The molecule has 15 heteroatoms. The Labute approximate surface area is 197 Å². The van der Waals surface area contributed by atoms with E-state index < -0.39 is 37.5 Å². The van der Waals surface area contributed by atoms with Crippen molar-refractivity contribution >= 4 is 19.6 Å². The number of phosphoric acid groups is 1. The predicted molar refractivity (Wildman–Crippen MR) is 114 cm³/mol. The first-order valence-corrected chi connectivity index (χ1v) is 12.2. The monoisotopic (exact) mass is 504 g/mol. The Morgan fingerprint density at radius 1 is 1.20 bits per heavy atom. The number of rotatable bonds is 6. The van der Waals surface area contributed by atoms with E-state index in [4.69, 9.17) is 18.3 Å². The van der Waals surface area contributed by atoms with Crippen molar-refractivity contribution in [1.29, 1.82) is 0 Å². The van der Waals surface area contributed by atoms with Crippen molar-refractivity contribution in [3.05, 3.63) is 42.3 Å². The number of aliphatic hydroxyl groups excluding tert-OH is 1. The SMILES string of the molecule is CC[C@H](O)[C@@]12OC(=O)N(c3ccc(-c4ccc(-c5nnn(CC)n5)nc4)c(F)c3)C13OP(=O)(O3)O2. The lowest BCUT2D eigenvalue weighted by molar-refractivity contribution is -0.281. The molecule has 4 saturated heterocycles. The number of nitrogens with zero attached hydrogens (tertiary/aromatic N) is 6. The van der Waals surface area contributed by atoms with E-state index in [1.165, 1.54) is 23.1 Å². The summed E-state index contributed by atoms with van der Waals surface area (Å²) in [7, 11) is -4.00. The number of aryl methyl sites for hydroxylation is 1. The van der Waals surface area contributed by atoms with Crippen LogP contribution in [0.3, 0.4) is 0 Å². The number of benzene rings is 1. The second-order valence-electron chi connectivity index (χ2n) is 8.00. The van der Waals surface area contributed by atoms with Gasteiger partial charge in [0.1, 0.15) is 17.6 Å². The van der Waals surface area contributed by atoms with Gasteiger partial charge in [0.15, 0.2) is 0 Å². The molecule has 6 heterocycles. The van der Waals surface area contributed by atoms with Crippen molar-refractivity contribution in [3.63, 3.8) is 0 Å². The smallest absolute Gasteiger partial charge is 0.405 e. The average Bonchev–Trinajstić information content (AvgIpc) is 3.52. The fourth-order valence-corrected chi connectivity index (χ4v) is 5.96. The van der Waals surface area contributed by atoms with Gasteiger partial charge in [-0.25, -0.2) is 32.2 Å². The summed E-state index contributed by atoms with van der Waals surface area (Å²) in [6.45, 7) is 4.05.